The third-order valence-electron chi connectivity index (χ3n) is 3.12. The number of sulfonamides is 1. The lowest BCUT2D eigenvalue weighted by Crippen LogP contribution is -2.16. The predicted molar refractivity (Wildman–Crippen MR) is 77.0 cm³/mol. The van der Waals surface area contributed by atoms with Gasteiger partial charge < -0.3 is 4.74 Å². The molecule has 5 nitrogen and oxygen atoms in total. The summed E-state index contributed by atoms with van der Waals surface area (Å²) in [5.41, 5.74) is 1.64. The number of carbonyl (C=O) groups is 1. The molecule has 0 spiro atoms. The predicted octanol–water partition coefficient (Wildman–Crippen LogP) is 2.15. The third-order valence-corrected chi connectivity index (χ3v) is 4.01. The average Bonchev–Trinajstić information content (AvgIpc) is 2.30. The number of ether oxygens (including phenoxy) is 1. The molecule has 0 aliphatic rings. The monoisotopic (exact) mass is 299 g/mol. The maximum absolute atomic E-state index is 12.0. The van der Waals surface area contributed by atoms with Crippen molar-refractivity contribution in [2.75, 3.05) is 6.61 Å². The Kier molecular flexibility index (Phi) is 5.30. The molecule has 0 fully saturated rings. The molecule has 0 saturated heterocycles. The molecule has 0 bridgehead atoms. The first-order valence-corrected chi connectivity index (χ1v) is 7.98. The third kappa shape index (κ3) is 4.31. The highest BCUT2D eigenvalue weighted by Gasteiger charge is 2.18. The Morgan fingerprint density at radius 1 is 1.30 bits per heavy atom. The van der Waals surface area contributed by atoms with Crippen molar-refractivity contribution in [1.29, 1.82) is 0 Å². The molecule has 1 aromatic carbocycles. The number of carbonyl (C=O) groups excluding carboxylic acids is 1. The van der Waals surface area contributed by atoms with E-state index < -0.39 is 16.0 Å². The smallest absolute Gasteiger partial charge is 0.338 e. The van der Waals surface area contributed by atoms with Crippen LogP contribution in [0.2, 0.25) is 0 Å². The van der Waals surface area contributed by atoms with Gasteiger partial charge in [-0.25, -0.2) is 18.4 Å². The molecule has 0 amide bonds. The summed E-state index contributed by atoms with van der Waals surface area (Å²) in [7, 11) is -3.84. The van der Waals surface area contributed by atoms with Crippen LogP contribution in [0.1, 0.15) is 41.8 Å². The van der Waals surface area contributed by atoms with Gasteiger partial charge in [0, 0.05) is 0 Å². The minimum Gasteiger partial charge on any atom is -0.462 e. The number of benzene rings is 1. The van der Waals surface area contributed by atoms with Crippen LogP contribution < -0.4 is 5.14 Å². The molecule has 6 heteroatoms. The van der Waals surface area contributed by atoms with Crippen LogP contribution in [0.3, 0.4) is 0 Å². The van der Waals surface area contributed by atoms with Crippen molar-refractivity contribution >= 4 is 16.0 Å². The molecular weight excluding hydrogens is 278 g/mol. The lowest BCUT2D eigenvalue weighted by atomic mass is 10.0. The van der Waals surface area contributed by atoms with Crippen molar-refractivity contribution in [2.24, 2.45) is 11.1 Å². The SMILES string of the molecule is Cc1cc(S(N)(=O)=O)cc(C(=O)OCCC(C)C)c1C. The zero-order valence-corrected chi connectivity index (χ0v) is 13.1. The van der Waals surface area contributed by atoms with Gasteiger partial charge >= 0.3 is 5.97 Å². The van der Waals surface area contributed by atoms with Gasteiger partial charge in [-0.15, -0.1) is 0 Å². The van der Waals surface area contributed by atoms with Crippen molar-refractivity contribution in [3.05, 3.63) is 28.8 Å². The molecule has 0 saturated carbocycles. The van der Waals surface area contributed by atoms with Crippen molar-refractivity contribution in [3.8, 4) is 0 Å². The van der Waals surface area contributed by atoms with Crippen LogP contribution in [-0.2, 0) is 14.8 Å². The van der Waals surface area contributed by atoms with Gasteiger partial charge in [0.15, 0.2) is 0 Å². The first-order valence-electron chi connectivity index (χ1n) is 6.44. The Hall–Kier alpha value is -1.40. The number of primary sulfonamides is 1. The van der Waals surface area contributed by atoms with Crippen molar-refractivity contribution in [3.63, 3.8) is 0 Å². The van der Waals surface area contributed by atoms with E-state index in [-0.39, 0.29) is 10.5 Å². The Morgan fingerprint density at radius 3 is 2.40 bits per heavy atom. The first kappa shape index (κ1) is 16.7. The summed E-state index contributed by atoms with van der Waals surface area (Å²) < 4.78 is 28.0. The molecule has 0 heterocycles. The van der Waals surface area contributed by atoms with Crippen molar-refractivity contribution < 1.29 is 17.9 Å². The maximum Gasteiger partial charge on any atom is 0.338 e. The highest BCUT2D eigenvalue weighted by atomic mass is 32.2. The molecule has 2 N–H and O–H groups in total. The molecule has 0 atom stereocenters. The molecule has 0 unspecified atom stereocenters. The minimum absolute atomic E-state index is 0.0728. The summed E-state index contributed by atoms with van der Waals surface area (Å²) in [4.78, 5) is 11.9. The fourth-order valence-corrected chi connectivity index (χ4v) is 2.29. The van der Waals surface area contributed by atoms with Gasteiger partial charge in [-0.1, -0.05) is 13.8 Å². The number of hydrogen-bond donors (Lipinski definition) is 1. The second-order valence-corrected chi connectivity index (χ2v) is 6.84. The zero-order chi connectivity index (χ0) is 15.5. The number of esters is 1. The minimum atomic E-state index is -3.84. The molecule has 0 aromatic heterocycles. The summed E-state index contributed by atoms with van der Waals surface area (Å²) in [6.45, 7) is 7.86. The van der Waals surface area contributed by atoms with Gasteiger partial charge in [0.2, 0.25) is 10.0 Å². The molecule has 1 aromatic rings. The second-order valence-electron chi connectivity index (χ2n) is 5.28. The lowest BCUT2D eigenvalue weighted by Gasteiger charge is -2.12. The highest BCUT2D eigenvalue weighted by molar-refractivity contribution is 7.89. The van der Waals surface area contributed by atoms with Gasteiger partial charge in [0.25, 0.3) is 0 Å². The Morgan fingerprint density at radius 2 is 1.90 bits per heavy atom. The molecule has 0 radical (unpaired) electrons. The van der Waals surface area contributed by atoms with E-state index in [0.29, 0.717) is 23.7 Å². The Bertz CT molecular complexity index is 606. The molecule has 0 aliphatic carbocycles. The quantitative estimate of drug-likeness (QED) is 0.844. The summed E-state index contributed by atoms with van der Waals surface area (Å²) >= 11 is 0. The molecule has 0 aliphatic heterocycles. The topological polar surface area (TPSA) is 86.5 Å². The number of hydrogen-bond acceptors (Lipinski definition) is 4. The van der Waals surface area contributed by atoms with E-state index in [1.807, 2.05) is 13.8 Å². The van der Waals surface area contributed by atoms with Gasteiger partial charge in [-0.05, 0) is 49.4 Å². The molecule has 112 valence electrons. The lowest BCUT2D eigenvalue weighted by molar-refractivity contribution is 0.0487. The van der Waals surface area contributed by atoms with E-state index in [4.69, 9.17) is 9.88 Å². The van der Waals surface area contributed by atoms with Gasteiger partial charge in [0.1, 0.15) is 0 Å². The summed E-state index contributed by atoms with van der Waals surface area (Å²) in [6, 6.07) is 2.73. The Balaban J connectivity index is 3.05. The van der Waals surface area contributed by atoms with Crippen LogP contribution in [0, 0.1) is 19.8 Å². The van der Waals surface area contributed by atoms with Gasteiger partial charge in [-0.3, -0.25) is 0 Å². The maximum atomic E-state index is 12.0. The molecule has 20 heavy (non-hydrogen) atoms. The van der Waals surface area contributed by atoms with E-state index >= 15 is 0 Å². The standard InChI is InChI=1S/C14H21NO4S/c1-9(2)5-6-19-14(16)13-8-12(20(15,17)18)7-10(3)11(13)4/h7-9H,5-6H2,1-4H3,(H2,15,17,18). The van der Waals surface area contributed by atoms with Crippen LogP contribution in [0.15, 0.2) is 17.0 Å². The number of aryl methyl sites for hydroxylation is 1. The summed E-state index contributed by atoms with van der Waals surface area (Å²) in [5.74, 6) is -0.0851. The van der Waals surface area contributed by atoms with E-state index in [1.54, 1.807) is 13.8 Å². The van der Waals surface area contributed by atoms with Crippen LogP contribution >= 0.6 is 0 Å². The van der Waals surface area contributed by atoms with Crippen molar-refractivity contribution in [2.45, 2.75) is 39.0 Å². The average molecular weight is 299 g/mol. The summed E-state index contributed by atoms with van der Waals surface area (Å²) in [5, 5.41) is 5.10. The molecule has 1 rings (SSSR count). The summed E-state index contributed by atoms with van der Waals surface area (Å²) in [6.07, 6.45) is 0.763. The molecular formula is C14H21NO4S. The first-order chi connectivity index (χ1) is 9.12. The zero-order valence-electron chi connectivity index (χ0n) is 12.3. The fourth-order valence-electron chi connectivity index (χ4n) is 1.67. The van der Waals surface area contributed by atoms with E-state index in [2.05, 4.69) is 0 Å². The highest BCUT2D eigenvalue weighted by Crippen LogP contribution is 2.20. The Labute approximate surface area is 120 Å². The van der Waals surface area contributed by atoms with Crippen molar-refractivity contribution in [1.82, 2.24) is 0 Å². The normalized spacial score (nSPS) is 11.7. The second kappa shape index (κ2) is 6.37. The number of nitrogens with two attached hydrogens (primary N) is 1. The van der Waals surface area contributed by atoms with E-state index in [1.165, 1.54) is 12.1 Å². The van der Waals surface area contributed by atoms with Crippen LogP contribution in [0.4, 0.5) is 0 Å². The fraction of sp³-hybridized carbons (Fsp3) is 0.500. The van der Waals surface area contributed by atoms with Crippen LogP contribution in [-0.4, -0.2) is 21.0 Å². The van der Waals surface area contributed by atoms with E-state index in [0.717, 1.165) is 6.42 Å². The van der Waals surface area contributed by atoms with E-state index in [9.17, 15) is 13.2 Å². The largest absolute Gasteiger partial charge is 0.462 e. The van der Waals surface area contributed by atoms with Gasteiger partial charge in [0.05, 0.1) is 17.1 Å². The van der Waals surface area contributed by atoms with Gasteiger partial charge in [-0.2, -0.15) is 0 Å². The van der Waals surface area contributed by atoms with Crippen LogP contribution in [0.25, 0.3) is 0 Å². The van der Waals surface area contributed by atoms with Crippen LogP contribution in [0.5, 0.6) is 0 Å². The number of rotatable bonds is 5.